The molecule has 1 fully saturated rings. The molecule has 8 heteroatoms. The molecule has 6 nitrogen and oxygen atoms in total. The maximum atomic E-state index is 13.5. The minimum atomic E-state index is -0.275. The van der Waals surface area contributed by atoms with E-state index in [1.807, 2.05) is 35.2 Å². The van der Waals surface area contributed by atoms with E-state index in [1.54, 1.807) is 40.5 Å². The van der Waals surface area contributed by atoms with E-state index in [0.29, 0.717) is 23.9 Å². The van der Waals surface area contributed by atoms with Gasteiger partial charge in [-0.15, -0.1) is 11.3 Å². The summed E-state index contributed by atoms with van der Waals surface area (Å²) >= 11 is 7.78. The molecule has 1 saturated carbocycles. The number of urea groups is 1. The molecule has 2 aromatic carbocycles. The van der Waals surface area contributed by atoms with E-state index in [1.165, 1.54) is 4.88 Å². The second-order valence-corrected chi connectivity index (χ2v) is 10.0. The number of nitrogens with zero attached hydrogens (tertiary/aromatic N) is 2. The maximum absolute atomic E-state index is 13.5. The van der Waals surface area contributed by atoms with Crippen LogP contribution < -0.4 is 10.1 Å². The van der Waals surface area contributed by atoms with E-state index < -0.39 is 0 Å². The van der Waals surface area contributed by atoms with Gasteiger partial charge in [0.1, 0.15) is 18.9 Å². The Morgan fingerprint density at radius 3 is 2.71 bits per heavy atom. The van der Waals surface area contributed by atoms with Gasteiger partial charge in [-0.3, -0.25) is 4.79 Å². The number of carbonyl (C=O) groups excluding carboxylic acids is 2. The fourth-order valence-electron chi connectivity index (χ4n) is 4.32. The van der Waals surface area contributed by atoms with Gasteiger partial charge >= 0.3 is 6.03 Å². The normalized spacial score (nSPS) is 17.1. The number of benzene rings is 2. The summed E-state index contributed by atoms with van der Waals surface area (Å²) in [6.45, 7) is 1.03. The van der Waals surface area contributed by atoms with Crippen molar-refractivity contribution in [2.75, 3.05) is 25.0 Å². The Bertz CT molecular complexity index is 1160. The molecule has 176 valence electrons. The number of para-hydroxylation sites is 1. The van der Waals surface area contributed by atoms with Gasteiger partial charge in [0.2, 0.25) is 5.91 Å². The lowest BCUT2D eigenvalue weighted by Gasteiger charge is -2.37. The van der Waals surface area contributed by atoms with Crippen LogP contribution in [0.5, 0.6) is 5.75 Å². The SMILES string of the molecule is O=C(Nc1cccc(Cl)c1)N(CC(=O)N1CCc2sccc2[C@H]1COc1ccccc1)C1CC1. The molecule has 1 atom stereocenters. The van der Waals surface area contributed by atoms with Gasteiger partial charge in [-0.05, 0) is 66.6 Å². The van der Waals surface area contributed by atoms with Gasteiger partial charge in [-0.1, -0.05) is 35.9 Å². The fourth-order valence-corrected chi connectivity index (χ4v) is 5.44. The summed E-state index contributed by atoms with van der Waals surface area (Å²) in [5, 5.41) is 5.51. The molecule has 0 bridgehead atoms. The number of hydrogen-bond acceptors (Lipinski definition) is 4. The quantitative estimate of drug-likeness (QED) is 0.464. The Kier molecular flexibility index (Phi) is 6.74. The highest BCUT2D eigenvalue weighted by Crippen LogP contribution is 2.35. The number of amides is 3. The van der Waals surface area contributed by atoms with Crippen LogP contribution in [0.4, 0.5) is 10.5 Å². The minimum absolute atomic E-state index is 0.0401. The molecule has 34 heavy (non-hydrogen) atoms. The van der Waals surface area contributed by atoms with E-state index >= 15 is 0 Å². The van der Waals surface area contributed by atoms with Crippen LogP contribution in [-0.2, 0) is 11.2 Å². The lowest BCUT2D eigenvalue weighted by Crippen LogP contribution is -2.49. The van der Waals surface area contributed by atoms with Crippen LogP contribution in [0.25, 0.3) is 0 Å². The molecule has 1 aliphatic heterocycles. The third kappa shape index (κ3) is 5.21. The van der Waals surface area contributed by atoms with Crippen molar-refractivity contribution in [2.45, 2.75) is 31.3 Å². The number of thiophene rings is 1. The zero-order chi connectivity index (χ0) is 23.5. The van der Waals surface area contributed by atoms with E-state index in [2.05, 4.69) is 16.8 Å². The number of rotatable bonds is 7. The van der Waals surface area contributed by atoms with E-state index in [9.17, 15) is 9.59 Å². The summed E-state index contributed by atoms with van der Waals surface area (Å²) in [7, 11) is 0. The molecule has 1 aromatic heterocycles. The first-order chi connectivity index (χ1) is 16.6. The zero-order valence-electron chi connectivity index (χ0n) is 18.7. The van der Waals surface area contributed by atoms with Crippen molar-refractivity contribution in [3.8, 4) is 5.75 Å². The van der Waals surface area contributed by atoms with Crippen molar-refractivity contribution in [1.29, 1.82) is 0 Å². The van der Waals surface area contributed by atoms with Crippen molar-refractivity contribution in [3.63, 3.8) is 0 Å². The van der Waals surface area contributed by atoms with Crippen molar-refractivity contribution in [1.82, 2.24) is 9.80 Å². The van der Waals surface area contributed by atoms with Crippen LogP contribution in [0.3, 0.4) is 0 Å². The monoisotopic (exact) mass is 495 g/mol. The molecule has 5 rings (SSSR count). The van der Waals surface area contributed by atoms with E-state index in [-0.39, 0.29) is 30.6 Å². The third-order valence-electron chi connectivity index (χ3n) is 6.20. The number of nitrogens with one attached hydrogen (secondary N) is 1. The number of carbonyl (C=O) groups is 2. The standard InChI is InChI=1S/C26H26ClN3O3S/c27-18-5-4-6-19(15-18)28-26(32)30(20-9-10-20)16-25(31)29-13-11-24-22(12-14-34-24)23(29)17-33-21-7-2-1-3-8-21/h1-8,12,14-15,20,23H,9-11,13,16-17H2,(H,28,32)/t23-/m1/s1. The topological polar surface area (TPSA) is 61.9 Å². The van der Waals surface area contributed by atoms with Crippen LogP contribution in [0.2, 0.25) is 5.02 Å². The summed E-state index contributed by atoms with van der Waals surface area (Å²) in [6.07, 6.45) is 2.63. The Labute approximate surface area is 208 Å². The Morgan fingerprint density at radius 1 is 1.12 bits per heavy atom. The summed E-state index contributed by atoms with van der Waals surface area (Å²) in [5.74, 6) is 0.712. The number of hydrogen-bond donors (Lipinski definition) is 1. The molecule has 2 aliphatic rings. The minimum Gasteiger partial charge on any atom is -0.491 e. The molecule has 3 aromatic rings. The number of anilines is 1. The average molecular weight is 496 g/mol. The summed E-state index contributed by atoms with van der Waals surface area (Å²) in [4.78, 5) is 31.4. The second-order valence-electron chi connectivity index (χ2n) is 8.58. The van der Waals surface area contributed by atoms with Crippen molar-refractivity contribution < 1.29 is 14.3 Å². The number of ether oxygens (including phenoxy) is 1. The van der Waals surface area contributed by atoms with Gasteiger partial charge in [-0.2, -0.15) is 0 Å². The summed E-state index contributed by atoms with van der Waals surface area (Å²) < 4.78 is 6.06. The van der Waals surface area contributed by atoms with Gasteiger partial charge in [0.15, 0.2) is 0 Å². The van der Waals surface area contributed by atoms with Gasteiger partial charge < -0.3 is 19.9 Å². The molecule has 3 amide bonds. The van der Waals surface area contributed by atoms with Gasteiger partial charge in [0.25, 0.3) is 0 Å². The van der Waals surface area contributed by atoms with Crippen LogP contribution in [0.1, 0.15) is 29.3 Å². The van der Waals surface area contributed by atoms with Gasteiger partial charge in [0, 0.05) is 28.2 Å². The van der Waals surface area contributed by atoms with Gasteiger partial charge in [-0.25, -0.2) is 4.79 Å². The maximum Gasteiger partial charge on any atom is 0.322 e. The molecule has 1 aliphatic carbocycles. The molecule has 1 N–H and O–H groups in total. The first-order valence-corrected chi connectivity index (χ1v) is 12.7. The number of fused-ring (bicyclic) bond motifs is 1. The van der Waals surface area contributed by atoms with Crippen LogP contribution in [0.15, 0.2) is 66.0 Å². The van der Waals surface area contributed by atoms with Crippen LogP contribution in [0, 0.1) is 0 Å². The summed E-state index contributed by atoms with van der Waals surface area (Å²) in [6, 6.07) is 18.4. The van der Waals surface area contributed by atoms with Crippen molar-refractivity contribution >= 4 is 40.6 Å². The molecular formula is C26H26ClN3O3S. The highest BCUT2D eigenvalue weighted by atomic mass is 35.5. The Hall–Kier alpha value is -3.03. The van der Waals surface area contributed by atoms with E-state index in [4.69, 9.17) is 16.3 Å². The lowest BCUT2D eigenvalue weighted by atomic mass is 10.0. The number of halogens is 1. The van der Waals surface area contributed by atoms with Gasteiger partial charge in [0.05, 0.1) is 6.04 Å². The average Bonchev–Trinajstić information content (AvgIpc) is 3.57. The summed E-state index contributed by atoms with van der Waals surface area (Å²) in [5.41, 5.74) is 1.76. The predicted octanol–water partition coefficient (Wildman–Crippen LogP) is 5.60. The molecule has 2 heterocycles. The third-order valence-corrected chi connectivity index (χ3v) is 7.43. The Balaban J connectivity index is 1.30. The first kappa shape index (κ1) is 22.7. The van der Waals surface area contributed by atoms with E-state index in [0.717, 1.165) is 30.6 Å². The molecule has 0 saturated heterocycles. The highest BCUT2D eigenvalue weighted by molar-refractivity contribution is 7.10. The molecule has 0 radical (unpaired) electrons. The fraction of sp³-hybridized carbons (Fsp3) is 0.308. The van der Waals surface area contributed by atoms with Crippen molar-refractivity contribution in [3.05, 3.63) is 81.5 Å². The van der Waals surface area contributed by atoms with Crippen LogP contribution >= 0.6 is 22.9 Å². The molecular weight excluding hydrogens is 470 g/mol. The largest absolute Gasteiger partial charge is 0.491 e. The Morgan fingerprint density at radius 2 is 1.94 bits per heavy atom. The molecule has 0 spiro atoms. The lowest BCUT2D eigenvalue weighted by molar-refractivity contribution is -0.135. The second kappa shape index (κ2) is 10.1. The molecule has 0 unspecified atom stereocenters. The first-order valence-electron chi connectivity index (χ1n) is 11.5. The smallest absolute Gasteiger partial charge is 0.322 e. The highest BCUT2D eigenvalue weighted by Gasteiger charge is 2.38. The zero-order valence-corrected chi connectivity index (χ0v) is 20.2. The predicted molar refractivity (Wildman–Crippen MR) is 135 cm³/mol. The van der Waals surface area contributed by atoms with Crippen LogP contribution in [-0.4, -0.2) is 47.5 Å². The van der Waals surface area contributed by atoms with Crippen molar-refractivity contribution in [2.24, 2.45) is 0 Å².